The third-order valence-electron chi connectivity index (χ3n) is 2.91. The highest BCUT2D eigenvalue weighted by atomic mass is 16.5. The summed E-state index contributed by atoms with van der Waals surface area (Å²) in [4.78, 5) is 16.2. The molecule has 2 rings (SSSR count). The van der Waals surface area contributed by atoms with Crippen molar-refractivity contribution in [3.8, 4) is 0 Å². The molecule has 1 aromatic heterocycles. The molecule has 0 aromatic carbocycles. The van der Waals surface area contributed by atoms with Gasteiger partial charge in [0.25, 0.3) is 5.91 Å². The number of nitrogens with zero attached hydrogens (tertiary/aromatic N) is 1. The van der Waals surface area contributed by atoms with E-state index in [-0.39, 0.29) is 12.0 Å². The molecule has 0 spiro atoms. The first-order valence-electron chi connectivity index (χ1n) is 6.40. The van der Waals surface area contributed by atoms with E-state index in [1.807, 2.05) is 6.92 Å². The average Bonchev–Trinajstić information content (AvgIpc) is 2.90. The summed E-state index contributed by atoms with van der Waals surface area (Å²) in [6.45, 7) is 4.08. The third kappa shape index (κ3) is 3.20. The molecule has 1 aliphatic rings. The molecule has 18 heavy (non-hydrogen) atoms. The van der Waals surface area contributed by atoms with Crippen LogP contribution in [0.15, 0.2) is 18.3 Å². The molecule has 0 radical (unpaired) electrons. The number of amides is 1. The van der Waals surface area contributed by atoms with E-state index in [9.17, 15) is 4.79 Å². The largest absolute Gasteiger partial charge is 0.376 e. The molecule has 5 nitrogen and oxygen atoms in total. The molecule has 1 unspecified atom stereocenters. The van der Waals surface area contributed by atoms with E-state index in [4.69, 9.17) is 4.74 Å². The lowest BCUT2D eigenvalue weighted by Gasteiger charge is -2.12. The van der Waals surface area contributed by atoms with Crippen LogP contribution in [0.2, 0.25) is 0 Å². The van der Waals surface area contributed by atoms with Crippen LogP contribution in [0.3, 0.4) is 0 Å². The number of aromatic nitrogens is 1. The predicted octanol–water partition coefficient (Wildman–Crippen LogP) is 1.42. The van der Waals surface area contributed by atoms with E-state index in [2.05, 4.69) is 15.6 Å². The Labute approximate surface area is 107 Å². The van der Waals surface area contributed by atoms with Gasteiger partial charge in [-0.1, -0.05) is 0 Å². The summed E-state index contributed by atoms with van der Waals surface area (Å²) in [6.07, 6.45) is 3.94. The van der Waals surface area contributed by atoms with Crippen LogP contribution < -0.4 is 10.6 Å². The van der Waals surface area contributed by atoms with Gasteiger partial charge < -0.3 is 15.4 Å². The topological polar surface area (TPSA) is 63.2 Å². The molecule has 1 fully saturated rings. The van der Waals surface area contributed by atoms with E-state index >= 15 is 0 Å². The Morgan fingerprint density at radius 1 is 1.61 bits per heavy atom. The molecule has 5 heteroatoms. The first kappa shape index (κ1) is 12.8. The summed E-state index contributed by atoms with van der Waals surface area (Å²) >= 11 is 0. The molecule has 1 aromatic rings. The van der Waals surface area contributed by atoms with Crippen molar-refractivity contribution < 1.29 is 9.53 Å². The molecule has 98 valence electrons. The van der Waals surface area contributed by atoms with E-state index < -0.39 is 0 Å². The van der Waals surface area contributed by atoms with Gasteiger partial charge in [-0.2, -0.15) is 0 Å². The number of carbonyl (C=O) groups excluding carboxylic acids is 1. The lowest BCUT2D eigenvalue weighted by Crippen LogP contribution is -2.32. The first-order chi connectivity index (χ1) is 8.81. The van der Waals surface area contributed by atoms with Gasteiger partial charge in [-0.05, 0) is 31.9 Å². The Kier molecular flexibility index (Phi) is 4.52. The fraction of sp³-hybridized carbons (Fsp3) is 0.538. The van der Waals surface area contributed by atoms with Crippen molar-refractivity contribution in [3.63, 3.8) is 0 Å². The number of anilines is 1. The van der Waals surface area contributed by atoms with Crippen molar-refractivity contribution in [2.45, 2.75) is 25.9 Å². The SMILES string of the molecule is CCNc1ncccc1C(=O)NCC1CCCO1. The van der Waals surface area contributed by atoms with E-state index in [0.717, 1.165) is 26.0 Å². The summed E-state index contributed by atoms with van der Waals surface area (Å²) in [7, 11) is 0. The Balaban J connectivity index is 1.94. The lowest BCUT2D eigenvalue weighted by molar-refractivity contribution is 0.0858. The van der Waals surface area contributed by atoms with Gasteiger partial charge in [-0.25, -0.2) is 4.98 Å². The zero-order valence-electron chi connectivity index (χ0n) is 10.6. The number of hydrogen-bond acceptors (Lipinski definition) is 4. The minimum absolute atomic E-state index is 0.102. The average molecular weight is 249 g/mol. The molecule has 2 heterocycles. The lowest BCUT2D eigenvalue weighted by atomic mass is 10.2. The molecular weight excluding hydrogens is 230 g/mol. The van der Waals surface area contributed by atoms with Crippen LogP contribution in [-0.2, 0) is 4.74 Å². The van der Waals surface area contributed by atoms with Crippen molar-refractivity contribution in [2.75, 3.05) is 25.0 Å². The maximum Gasteiger partial charge on any atom is 0.255 e. The zero-order chi connectivity index (χ0) is 12.8. The minimum Gasteiger partial charge on any atom is -0.376 e. The molecule has 1 aliphatic heterocycles. The van der Waals surface area contributed by atoms with Crippen LogP contribution in [0.25, 0.3) is 0 Å². The molecule has 0 bridgehead atoms. The summed E-state index contributed by atoms with van der Waals surface area (Å²) in [5.41, 5.74) is 0.581. The summed E-state index contributed by atoms with van der Waals surface area (Å²) < 4.78 is 5.47. The number of hydrogen-bond donors (Lipinski definition) is 2. The molecule has 1 atom stereocenters. The molecule has 2 N–H and O–H groups in total. The highest BCUT2D eigenvalue weighted by molar-refractivity contribution is 5.98. The number of rotatable bonds is 5. The third-order valence-corrected chi connectivity index (χ3v) is 2.91. The summed E-state index contributed by atoms with van der Waals surface area (Å²) in [5.74, 6) is 0.527. The van der Waals surface area contributed by atoms with Crippen LogP contribution in [-0.4, -0.2) is 36.7 Å². The minimum atomic E-state index is -0.102. The number of pyridine rings is 1. The second-order valence-corrected chi connectivity index (χ2v) is 4.27. The fourth-order valence-corrected chi connectivity index (χ4v) is 2.00. The van der Waals surface area contributed by atoms with Crippen molar-refractivity contribution >= 4 is 11.7 Å². The fourth-order valence-electron chi connectivity index (χ4n) is 2.00. The van der Waals surface area contributed by atoms with Crippen LogP contribution in [0.1, 0.15) is 30.1 Å². The molecule has 1 saturated heterocycles. The second-order valence-electron chi connectivity index (χ2n) is 4.27. The monoisotopic (exact) mass is 249 g/mol. The van der Waals surface area contributed by atoms with Gasteiger partial charge in [-0.3, -0.25) is 4.79 Å². The zero-order valence-corrected chi connectivity index (χ0v) is 10.6. The summed E-state index contributed by atoms with van der Waals surface area (Å²) in [5, 5.41) is 5.98. The number of ether oxygens (including phenoxy) is 1. The maximum atomic E-state index is 12.1. The highest BCUT2D eigenvalue weighted by Gasteiger charge is 2.18. The first-order valence-corrected chi connectivity index (χ1v) is 6.40. The van der Waals surface area contributed by atoms with Crippen LogP contribution in [0.4, 0.5) is 5.82 Å². The Morgan fingerprint density at radius 2 is 2.50 bits per heavy atom. The van der Waals surface area contributed by atoms with Crippen molar-refractivity contribution in [1.29, 1.82) is 0 Å². The quantitative estimate of drug-likeness (QED) is 0.828. The van der Waals surface area contributed by atoms with Gasteiger partial charge in [0, 0.05) is 25.9 Å². The number of carbonyl (C=O) groups is 1. The van der Waals surface area contributed by atoms with Gasteiger partial charge in [0.15, 0.2) is 0 Å². The van der Waals surface area contributed by atoms with Crippen LogP contribution in [0, 0.1) is 0 Å². The maximum absolute atomic E-state index is 12.1. The normalized spacial score (nSPS) is 18.6. The van der Waals surface area contributed by atoms with Crippen molar-refractivity contribution in [3.05, 3.63) is 23.9 Å². The molecule has 0 aliphatic carbocycles. The second kappa shape index (κ2) is 6.35. The van der Waals surface area contributed by atoms with E-state index in [1.165, 1.54) is 0 Å². The Morgan fingerprint density at radius 3 is 3.22 bits per heavy atom. The summed E-state index contributed by atoms with van der Waals surface area (Å²) in [6, 6.07) is 3.54. The van der Waals surface area contributed by atoms with Crippen molar-refractivity contribution in [1.82, 2.24) is 10.3 Å². The van der Waals surface area contributed by atoms with Gasteiger partial charge in [-0.15, -0.1) is 0 Å². The van der Waals surface area contributed by atoms with Crippen LogP contribution >= 0.6 is 0 Å². The van der Waals surface area contributed by atoms with E-state index in [0.29, 0.717) is 17.9 Å². The predicted molar refractivity (Wildman–Crippen MR) is 69.7 cm³/mol. The van der Waals surface area contributed by atoms with Gasteiger partial charge in [0.1, 0.15) is 5.82 Å². The van der Waals surface area contributed by atoms with Crippen LogP contribution in [0.5, 0.6) is 0 Å². The highest BCUT2D eigenvalue weighted by Crippen LogP contribution is 2.13. The van der Waals surface area contributed by atoms with Crippen molar-refractivity contribution in [2.24, 2.45) is 0 Å². The van der Waals surface area contributed by atoms with Gasteiger partial charge in [0.05, 0.1) is 11.7 Å². The van der Waals surface area contributed by atoms with E-state index in [1.54, 1.807) is 18.3 Å². The van der Waals surface area contributed by atoms with Gasteiger partial charge in [0.2, 0.25) is 0 Å². The molecule has 1 amide bonds. The standard InChI is InChI=1S/C13H19N3O2/c1-2-14-12-11(6-3-7-15-12)13(17)16-9-10-5-4-8-18-10/h3,6-7,10H,2,4-5,8-9H2,1H3,(H,14,15)(H,16,17). The smallest absolute Gasteiger partial charge is 0.255 e. The number of nitrogens with one attached hydrogen (secondary N) is 2. The molecular formula is C13H19N3O2. The Hall–Kier alpha value is -1.62. The Bertz CT molecular complexity index is 403. The molecule has 0 saturated carbocycles. The van der Waals surface area contributed by atoms with Gasteiger partial charge >= 0.3 is 0 Å².